The van der Waals surface area contributed by atoms with E-state index in [1.807, 2.05) is 36.4 Å². The van der Waals surface area contributed by atoms with Gasteiger partial charge >= 0.3 is 12.1 Å². The number of esters is 1. The van der Waals surface area contributed by atoms with Gasteiger partial charge in [0.2, 0.25) is 5.91 Å². The molecule has 9 heteroatoms. The number of hydrogen-bond acceptors (Lipinski definition) is 7. The Morgan fingerprint density at radius 1 is 0.892 bits per heavy atom. The Morgan fingerprint density at radius 3 is 1.89 bits per heavy atom. The van der Waals surface area contributed by atoms with Gasteiger partial charge in [-0.1, -0.05) is 24.3 Å². The molecule has 2 atom stereocenters. The lowest BCUT2D eigenvalue weighted by molar-refractivity contribution is -0.145. The number of alkyl carbamates (subject to hydrolysis) is 1. The fraction of sp³-hybridized carbons (Fsp3) is 0.393. The summed E-state index contributed by atoms with van der Waals surface area (Å²) in [5, 5.41) is 5.37. The molecule has 0 saturated carbocycles. The van der Waals surface area contributed by atoms with Crippen LogP contribution >= 0.6 is 0 Å². The van der Waals surface area contributed by atoms with Gasteiger partial charge in [0, 0.05) is 12.8 Å². The van der Waals surface area contributed by atoms with Crippen LogP contribution in [0.3, 0.4) is 0 Å². The van der Waals surface area contributed by atoms with Crippen molar-refractivity contribution in [3.05, 3.63) is 71.8 Å². The van der Waals surface area contributed by atoms with Gasteiger partial charge in [-0.3, -0.25) is 4.79 Å². The summed E-state index contributed by atoms with van der Waals surface area (Å²) >= 11 is 0. The van der Waals surface area contributed by atoms with Gasteiger partial charge in [-0.15, -0.1) is 0 Å². The lowest BCUT2D eigenvalue weighted by Crippen LogP contribution is -2.53. The van der Waals surface area contributed by atoms with Gasteiger partial charge in [0.25, 0.3) is 0 Å². The number of rotatable bonds is 2. The van der Waals surface area contributed by atoms with Crippen LogP contribution in [-0.2, 0) is 31.9 Å². The van der Waals surface area contributed by atoms with Gasteiger partial charge < -0.3 is 29.6 Å². The van der Waals surface area contributed by atoms with Crippen LogP contribution < -0.4 is 20.1 Å². The zero-order valence-electron chi connectivity index (χ0n) is 21.6. The molecule has 2 N–H and O–H groups in total. The van der Waals surface area contributed by atoms with Crippen LogP contribution in [0.15, 0.2) is 60.7 Å². The van der Waals surface area contributed by atoms with Crippen molar-refractivity contribution < 1.29 is 33.3 Å². The van der Waals surface area contributed by atoms with Crippen LogP contribution in [0.1, 0.15) is 31.9 Å². The Balaban J connectivity index is 1.89. The lowest BCUT2D eigenvalue weighted by atomic mass is 10.0. The number of hydrogen-bond donors (Lipinski definition) is 2. The van der Waals surface area contributed by atoms with Gasteiger partial charge in [-0.25, -0.2) is 9.59 Å². The minimum Gasteiger partial charge on any atom is -0.490 e. The van der Waals surface area contributed by atoms with Crippen molar-refractivity contribution in [2.24, 2.45) is 0 Å². The molecule has 4 aliphatic rings. The van der Waals surface area contributed by atoms with E-state index in [1.54, 1.807) is 45.0 Å². The monoisotopic (exact) mass is 510 g/mol. The summed E-state index contributed by atoms with van der Waals surface area (Å²) in [5.41, 5.74) is 0.840. The highest BCUT2D eigenvalue weighted by Gasteiger charge is 2.29. The zero-order chi connectivity index (χ0) is 26.8. The lowest BCUT2D eigenvalue weighted by Gasteiger charge is -2.25. The van der Waals surface area contributed by atoms with Crippen LogP contribution in [0, 0.1) is 0 Å². The fourth-order valence-electron chi connectivity index (χ4n) is 3.61. The fourth-order valence-corrected chi connectivity index (χ4v) is 3.61. The van der Waals surface area contributed by atoms with Crippen LogP contribution in [0.5, 0.6) is 11.5 Å². The van der Waals surface area contributed by atoms with Gasteiger partial charge in [0.1, 0.15) is 42.4 Å². The topological polar surface area (TPSA) is 112 Å². The second kappa shape index (κ2) is 12.8. The Kier molecular flexibility index (Phi) is 9.54. The molecule has 4 aliphatic heterocycles. The number of carbonyl (C=O) groups excluding carboxylic acids is 3. The molecule has 0 fully saturated rings. The first kappa shape index (κ1) is 27.6. The van der Waals surface area contributed by atoms with Crippen LogP contribution in [0.2, 0.25) is 0 Å². The maximum Gasteiger partial charge on any atom is 0.408 e. The van der Waals surface area contributed by atoms with E-state index in [0.29, 0.717) is 24.7 Å². The summed E-state index contributed by atoms with van der Waals surface area (Å²) in [6, 6.07) is 12.5. The molecule has 0 saturated heterocycles. The van der Waals surface area contributed by atoms with E-state index in [4.69, 9.17) is 18.9 Å². The highest BCUT2D eigenvalue weighted by atomic mass is 16.6. The summed E-state index contributed by atoms with van der Waals surface area (Å²) in [6.07, 6.45) is 3.37. The molecule has 2 amide bonds. The molecule has 0 spiro atoms. The molecule has 0 aliphatic carbocycles. The average Bonchev–Trinajstić information content (AvgIpc) is 2.85. The maximum atomic E-state index is 13.3. The van der Waals surface area contributed by atoms with Gasteiger partial charge in [0.15, 0.2) is 0 Å². The minimum absolute atomic E-state index is 0.172. The predicted molar refractivity (Wildman–Crippen MR) is 138 cm³/mol. The van der Waals surface area contributed by atoms with E-state index >= 15 is 0 Å². The molecule has 4 heterocycles. The van der Waals surface area contributed by atoms with Crippen molar-refractivity contribution in [3.8, 4) is 11.5 Å². The molecule has 0 unspecified atom stereocenters. The van der Waals surface area contributed by atoms with Crippen molar-refractivity contribution in [3.63, 3.8) is 0 Å². The molecule has 198 valence electrons. The molecule has 37 heavy (non-hydrogen) atoms. The number of nitrogens with one attached hydrogen (secondary N) is 2. The Hall–Kier alpha value is -4.01. The molecule has 2 aromatic carbocycles. The highest BCUT2D eigenvalue weighted by Crippen LogP contribution is 2.17. The van der Waals surface area contributed by atoms with E-state index in [0.717, 1.165) is 11.1 Å². The van der Waals surface area contributed by atoms with Crippen LogP contribution in [0.25, 0.3) is 0 Å². The molecule has 2 aromatic rings. The normalized spacial score (nSPS) is 19.5. The highest BCUT2D eigenvalue weighted by molar-refractivity contribution is 5.90. The number of carbonyl (C=O) groups is 3. The zero-order valence-corrected chi connectivity index (χ0v) is 21.6. The van der Waals surface area contributed by atoms with E-state index < -0.39 is 35.7 Å². The number of methoxy groups -OCH3 is 1. The maximum absolute atomic E-state index is 13.3. The molecular weight excluding hydrogens is 476 g/mol. The summed E-state index contributed by atoms with van der Waals surface area (Å²) in [5.74, 6) is 0.185. The van der Waals surface area contributed by atoms with Crippen molar-refractivity contribution in [2.75, 3.05) is 20.3 Å². The predicted octanol–water partition coefficient (Wildman–Crippen LogP) is 3.35. The summed E-state index contributed by atoms with van der Waals surface area (Å²) in [7, 11) is 1.26. The molecule has 0 radical (unpaired) electrons. The van der Waals surface area contributed by atoms with Gasteiger partial charge in [0.05, 0.1) is 7.11 Å². The summed E-state index contributed by atoms with van der Waals surface area (Å²) in [4.78, 5) is 38.4. The molecule has 6 rings (SSSR count). The molecule has 0 aromatic heterocycles. The molecule has 4 bridgehead atoms. The van der Waals surface area contributed by atoms with Crippen LogP contribution in [-0.4, -0.2) is 56.0 Å². The van der Waals surface area contributed by atoms with Crippen molar-refractivity contribution in [1.82, 2.24) is 10.6 Å². The minimum atomic E-state index is -1.00. The van der Waals surface area contributed by atoms with Crippen molar-refractivity contribution in [1.29, 1.82) is 0 Å². The van der Waals surface area contributed by atoms with E-state index in [2.05, 4.69) is 10.6 Å². The first-order chi connectivity index (χ1) is 17.6. The van der Waals surface area contributed by atoms with E-state index in [9.17, 15) is 14.4 Å². The van der Waals surface area contributed by atoms with Gasteiger partial charge in [-0.05, 0) is 68.3 Å². The second-order valence-corrected chi connectivity index (χ2v) is 9.57. The SMILES string of the molecule is COC(=O)[C@@H]1Cc2ccc(cc2)OC/C=C\COc2ccc(cc2)C[C@@H](NC(=O)OC(C)(C)C)C(=O)N1. The standard InChI is InChI=1S/C28H34N2O7/c1-28(2,3)37-27(33)30-23-17-19-7-11-21(12-8-19)35-15-5-6-16-36-22-13-9-20(10-14-22)18-24(26(32)34-4)29-25(23)31/h5-14,23-24H,15-18H2,1-4H3,(H,29,31)(H,30,33)/b6-5-/t23-,24+/m1/s1. The Morgan fingerprint density at radius 2 is 1.41 bits per heavy atom. The Labute approximate surface area is 217 Å². The largest absolute Gasteiger partial charge is 0.490 e. The molecule has 9 nitrogen and oxygen atoms in total. The second-order valence-electron chi connectivity index (χ2n) is 9.57. The number of amides is 2. The Bertz CT molecular complexity index is 1090. The molecular formula is C28H34N2O7. The number of benzene rings is 2. The first-order valence-corrected chi connectivity index (χ1v) is 12.1. The van der Waals surface area contributed by atoms with E-state index in [1.165, 1.54) is 7.11 Å². The quantitative estimate of drug-likeness (QED) is 0.471. The average molecular weight is 511 g/mol. The third kappa shape index (κ3) is 9.18. The third-order valence-corrected chi connectivity index (χ3v) is 5.40. The smallest absolute Gasteiger partial charge is 0.408 e. The first-order valence-electron chi connectivity index (χ1n) is 12.1. The summed E-state index contributed by atoms with van der Waals surface area (Å²) in [6.45, 7) is 5.96. The van der Waals surface area contributed by atoms with Crippen LogP contribution in [0.4, 0.5) is 4.79 Å². The van der Waals surface area contributed by atoms with Crippen molar-refractivity contribution in [2.45, 2.75) is 51.3 Å². The van der Waals surface area contributed by atoms with Gasteiger partial charge in [-0.2, -0.15) is 0 Å². The number of ether oxygens (including phenoxy) is 4. The van der Waals surface area contributed by atoms with E-state index in [-0.39, 0.29) is 12.8 Å². The third-order valence-electron chi connectivity index (χ3n) is 5.40. The van der Waals surface area contributed by atoms with Crippen molar-refractivity contribution >= 4 is 18.0 Å². The summed E-state index contributed by atoms with van der Waals surface area (Å²) < 4.78 is 21.7.